The fraction of sp³-hybridized carbons (Fsp3) is 0.609. The van der Waals surface area contributed by atoms with Gasteiger partial charge in [-0.3, -0.25) is 4.79 Å². The molecule has 0 saturated carbocycles. The summed E-state index contributed by atoms with van der Waals surface area (Å²) in [7, 11) is 0. The number of fused-ring (bicyclic) bond motifs is 1. The van der Waals surface area contributed by atoms with Crippen LogP contribution in [0.4, 0.5) is 0 Å². The van der Waals surface area contributed by atoms with Crippen LogP contribution >= 0.6 is 0 Å². The Kier molecular flexibility index (Phi) is 6.53. The highest BCUT2D eigenvalue weighted by Gasteiger charge is 2.21. The van der Waals surface area contributed by atoms with E-state index in [1.807, 2.05) is 6.07 Å². The van der Waals surface area contributed by atoms with Crippen molar-refractivity contribution in [3.05, 3.63) is 36.0 Å². The number of carbonyl (C=O) groups excluding carboxylic acids is 1. The van der Waals surface area contributed by atoms with E-state index in [1.54, 1.807) is 6.92 Å². The zero-order valence-electron chi connectivity index (χ0n) is 16.7. The minimum Gasteiger partial charge on any atom is -0.346 e. The molecular formula is C23H34N2O. The van der Waals surface area contributed by atoms with E-state index in [9.17, 15) is 4.79 Å². The number of likely N-dealkylation sites (tertiary alicyclic amines) is 1. The van der Waals surface area contributed by atoms with Crippen LogP contribution in [0.1, 0.15) is 63.2 Å². The predicted molar refractivity (Wildman–Crippen MR) is 110 cm³/mol. The lowest BCUT2D eigenvalue weighted by Crippen LogP contribution is -2.37. The van der Waals surface area contributed by atoms with Crippen molar-refractivity contribution in [1.29, 1.82) is 0 Å². The Labute approximate surface area is 158 Å². The molecule has 0 N–H and O–H groups in total. The van der Waals surface area contributed by atoms with Crippen LogP contribution in [0.5, 0.6) is 0 Å². The summed E-state index contributed by atoms with van der Waals surface area (Å²) in [6.07, 6.45) is 8.93. The summed E-state index contributed by atoms with van der Waals surface area (Å²) < 4.78 is 2.28. The molecule has 1 aliphatic heterocycles. The van der Waals surface area contributed by atoms with Gasteiger partial charge in [-0.25, -0.2) is 0 Å². The van der Waals surface area contributed by atoms with Crippen molar-refractivity contribution in [2.75, 3.05) is 19.6 Å². The van der Waals surface area contributed by atoms with E-state index in [0.717, 1.165) is 30.0 Å². The highest BCUT2D eigenvalue weighted by molar-refractivity contribution is 6.06. The highest BCUT2D eigenvalue weighted by Crippen LogP contribution is 2.25. The molecule has 1 fully saturated rings. The predicted octanol–water partition coefficient (Wildman–Crippen LogP) is 5.38. The van der Waals surface area contributed by atoms with E-state index in [4.69, 9.17) is 0 Å². The van der Waals surface area contributed by atoms with E-state index < -0.39 is 0 Å². The number of nitrogens with zero attached hydrogens (tertiary/aromatic N) is 2. The fourth-order valence-electron chi connectivity index (χ4n) is 4.46. The van der Waals surface area contributed by atoms with Crippen molar-refractivity contribution in [2.45, 2.75) is 59.4 Å². The molecule has 26 heavy (non-hydrogen) atoms. The van der Waals surface area contributed by atoms with Crippen LogP contribution in [0, 0.1) is 11.8 Å². The maximum absolute atomic E-state index is 12.0. The largest absolute Gasteiger partial charge is 0.346 e. The van der Waals surface area contributed by atoms with E-state index in [-0.39, 0.29) is 5.78 Å². The zero-order chi connectivity index (χ0) is 18.5. The van der Waals surface area contributed by atoms with Gasteiger partial charge in [-0.2, -0.15) is 0 Å². The molecule has 3 heteroatoms. The van der Waals surface area contributed by atoms with Crippen molar-refractivity contribution in [3.8, 4) is 0 Å². The van der Waals surface area contributed by atoms with Crippen LogP contribution in [0.2, 0.25) is 0 Å². The summed E-state index contributed by atoms with van der Waals surface area (Å²) >= 11 is 0. The SMILES string of the molecule is CCCCC1CCN(CC(C)Cn2cc(C(C)=O)c3ccccc32)CC1. The van der Waals surface area contributed by atoms with Gasteiger partial charge >= 0.3 is 0 Å². The molecule has 1 aliphatic rings. The fourth-order valence-corrected chi connectivity index (χ4v) is 4.46. The van der Waals surface area contributed by atoms with Crippen LogP contribution in [0.15, 0.2) is 30.5 Å². The molecule has 3 rings (SSSR count). The minimum absolute atomic E-state index is 0.154. The van der Waals surface area contributed by atoms with E-state index in [1.165, 1.54) is 50.7 Å². The lowest BCUT2D eigenvalue weighted by atomic mass is 9.91. The third-order valence-electron chi connectivity index (χ3n) is 5.92. The summed E-state index contributed by atoms with van der Waals surface area (Å²) in [6.45, 7) is 10.9. The molecule has 142 valence electrons. The van der Waals surface area contributed by atoms with Crippen LogP contribution in [0.3, 0.4) is 0 Å². The molecule has 0 bridgehead atoms. The van der Waals surface area contributed by atoms with Gasteiger partial charge in [0.2, 0.25) is 0 Å². The molecular weight excluding hydrogens is 320 g/mol. The number of rotatable bonds is 8. The molecule has 0 amide bonds. The second kappa shape index (κ2) is 8.85. The Hall–Kier alpha value is -1.61. The molecule has 3 nitrogen and oxygen atoms in total. The molecule has 0 radical (unpaired) electrons. The number of hydrogen-bond acceptors (Lipinski definition) is 2. The summed E-state index contributed by atoms with van der Waals surface area (Å²) in [5, 5.41) is 1.09. The lowest BCUT2D eigenvalue weighted by molar-refractivity contribution is 0.101. The van der Waals surface area contributed by atoms with Crippen LogP contribution in [-0.2, 0) is 6.54 Å². The van der Waals surface area contributed by atoms with Gasteiger partial charge in [0.05, 0.1) is 0 Å². The average molecular weight is 355 g/mol. The topological polar surface area (TPSA) is 25.2 Å². The normalized spacial score (nSPS) is 17.7. The Morgan fingerprint density at radius 2 is 1.92 bits per heavy atom. The molecule has 1 aromatic carbocycles. The first-order chi connectivity index (χ1) is 12.6. The molecule has 1 atom stereocenters. The summed E-state index contributed by atoms with van der Waals surface area (Å²) in [5.74, 6) is 1.69. The summed E-state index contributed by atoms with van der Waals surface area (Å²) in [4.78, 5) is 14.6. The second-order valence-corrected chi connectivity index (χ2v) is 8.26. The third-order valence-corrected chi connectivity index (χ3v) is 5.92. The van der Waals surface area contributed by atoms with E-state index >= 15 is 0 Å². The van der Waals surface area contributed by atoms with Gasteiger partial charge in [-0.05, 0) is 50.8 Å². The van der Waals surface area contributed by atoms with Crippen LogP contribution < -0.4 is 0 Å². The zero-order valence-corrected chi connectivity index (χ0v) is 16.7. The average Bonchev–Trinajstić information content (AvgIpc) is 3.00. The smallest absolute Gasteiger partial charge is 0.161 e. The Bertz CT molecular complexity index is 725. The number of ketones is 1. The highest BCUT2D eigenvalue weighted by atomic mass is 16.1. The maximum atomic E-state index is 12.0. The number of benzene rings is 1. The number of aromatic nitrogens is 1. The summed E-state index contributed by atoms with van der Waals surface area (Å²) in [5.41, 5.74) is 2.03. The Morgan fingerprint density at radius 1 is 1.19 bits per heavy atom. The summed E-state index contributed by atoms with van der Waals surface area (Å²) in [6, 6.07) is 8.28. The monoisotopic (exact) mass is 354 g/mol. The Balaban J connectivity index is 1.58. The van der Waals surface area contributed by atoms with Gasteiger partial charge in [0.15, 0.2) is 5.78 Å². The molecule has 2 aromatic rings. The number of piperidine rings is 1. The molecule has 2 heterocycles. The van der Waals surface area contributed by atoms with Crippen molar-refractivity contribution >= 4 is 16.7 Å². The first kappa shape index (κ1) is 19.2. The third kappa shape index (κ3) is 4.56. The van der Waals surface area contributed by atoms with Crippen molar-refractivity contribution in [1.82, 2.24) is 9.47 Å². The van der Waals surface area contributed by atoms with Gasteiger partial charge in [-0.15, -0.1) is 0 Å². The molecule has 1 saturated heterocycles. The van der Waals surface area contributed by atoms with Crippen LogP contribution in [0.25, 0.3) is 10.9 Å². The van der Waals surface area contributed by atoms with Gasteiger partial charge < -0.3 is 9.47 Å². The molecule has 1 unspecified atom stereocenters. The van der Waals surface area contributed by atoms with Crippen LogP contribution in [-0.4, -0.2) is 34.9 Å². The Morgan fingerprint density at radius 3 is 2.62 bits per heavy atom. The first-order valence-electron chi connectivity index (χ1n) is 10.4. The number of Topliss-reactive ketones (excluding diaryl/α,β-unsaturated/α-hetero) is 1. The number of hydrogen-bond donors (Lipinski definition) is 0. The molecule has 0 spiro atoms. The minimum atomic E-state index is 0.154. The van der Waals surface area contributed by atoms with Gasteiger partial charge in [0.25, 0.3) is 0 Å². The van der Waals surface area contributed by atoms with Gasteiger partial charge in [0.1, 0.15) is 0 Å². The van der Waals surface area contributed by atoms with Gasteiger partial charge in [0, 0.05) is 35.8 Å². The standard InChI is InChI=1S/C23H34N2O/c1-4-5-8-20-11-13-24(14-12-20)15-18(2)16-25-17-22(19(3)26)21-9-6-7-10-23(21)25/h6-7,9-10,17-18,20H,4-5,8,11-16H2,1-3H3. The number of carbonyl (C=O) groups is 1. The van der Waals surface area contributed by atoms with E-state index in [2.05, 4.69) is 47.7 Å². The van der Waals surface area contributed by atoms with E-state index in [0.29, 0.717) is 5.92 Å². The van der Waals surface area contributed by atoms with Crippen molar-refractivity contribution in [3.63, 3.8) is 0 Å². The number of para-hydroxylation sites is 1. The molecule has 1 aromatic heterocycles. The first-order valence-corrected chi connectivity index (χ1v) is 10.4. The quantitative estimate of drug-likeness (QED) is 0.594. The van der Waals surface area contributed by atoms with Gasteiger partial charge in [-0.1, -0.05) is 51.3 Å². The van der Waals surface area contributed by atoms with Crippen molar-refractivity contribution < 1.29 is 4.79 Å². The maximum Gasteiger partial charge on any atom is 0.161 e. The van der Waals surface area contributed by atoms with Crippen molar-refractivity contribution in [2.24, 2.45) is 11.8 Å². The molecule has 0 aliphatic carbocycles. The lowest BCUT2D eigenvalue weighted by Gasteiger charge is -2.33. The number of unbranched alkanes of at least 4 members (excludes halogenated alkanes) is 1. The second-order valence-electron chi connectivity index (χ2n) is 8.26.